The lowest BCUT2D eigenvalue weighted by Gasteiger charge is -2.23. The third-order valence-electron chi connectivity index (χ3n) is 3.69. The maximum absolute atomic E-state index is 12.3. The van der Waals surface area contributed by atoms with E-state index in [4.69, 9.17) is 10.5 Å². The average Bonchev–Trinajstić information content (AvgIpc) is 2.85. The quantitative estimate of drug-likeness (QED) is 0.895. The van der Waals surface area contributed by atoms with Crippen LogP contribution in [0.15, 0.2) is 24.3 Å². The smallest absolute Gasteiger partial charge is 0.252 e. The SMILES string of the molecule is CC1CCOC1C(=O)N(C)Cc1ccc(CN)cc1. The predicted octanol–water partition coefficient (Wildman–Crippen LogP) is 1.53. The Kier molecular flexibility index (Phi) is 4.56. The summed E-state index contributed by atoms with van der Waals surface area (Å²) in [6, 6.07) is 8.04. The molecule has 0 saturated carbocycles. The van der Waals surface area contributed by atoms with Crippen LogP contribution in [0, 0.1) is 5.92 Å². The number of hydrogen-bond donors (Lipinski definition) is 1. The molecule has 0 aliphatic carbocycles. The van der Waals surface area contributed by atoms with Crippen LogP contribution in [0.5, 0.6) is 0 Å². The number of nitrogens with two attached hydrogens (primary N) is 1. The van der Waals surface area contributed by atoms with Crippen LogP contribution in [0.1, 0.15) is 24.5 Å². The Bertz CT molecular complexity index is 430. The van der Waals surface area contributed by atoms with Crippen molar-refractivity contribution in [2.24, 2.45) is 11.7 Å². The zero-order valence-electron chi connectivity index (χ0n) is 11.6. The molecular formula is C15H22N2O2. The summed E-state index contributed by atoms with van der Waals surface area (Å²) in [4.78, 5) is 14.0. The van der Waals surface area contributed by atoms with Crippen molar-refractivity contribution in [3.05, 3.63) is 35.4 Å². The lowest BCUT2D eigenvalue weighted by atomic mass is 10.0. The van der Waals surface area contributed by atoms with Gasteiger partial charge in [-0.1, -0.05) is 31.2 Å². The minimum atomic E-state index is -0.270. The Balaban J connectivity index is 1.95. The zero-order valence-corrected chi connectivity index (χ0v) is 11.6. The van der Waals surface area contributed by atoms with E-state index in [2.05, 4.69) is 6.92 Å². The highest BCUT2D eigenvalue weighted by Crippen LogP contribution is 2.22. The Morgan fingerprint density at radius 3 is 2.53 bits per heavy atom. The second kappa shape index (κ2) is 6.17. The van der Waals surface area contributed by atoms with E-state index in [0.29, 0.717) is 25.6 Å². The predicted molar refractivity (Wildman–Crippen MR) is 74.3 cm³/mol. The van der Waals surface area contributed by atoms with E-state index in [0.717, 1.165) is 17.5 Å². The number of benzene rings is 1. The highest BCUT2D eigenvalue weighted by molar-refractivity contribution is 5.81. The number of likely N-dealkylation sites (N-methyl/N-ethyl adjacent to an activating group) is 1. The van der Waals surface area contributed by atoms with E-state index >= 15 is 0 Å². The lowest BCUT2D eigenvalue weighted by molar-refractivity contribution is -0.141. The summed E-state index contributed by atoms with van der Waals surface area (Å²) in [6.07, 6.45) is 0.698. The normalized spacial score (nSPS) is 22.5. The molecule has 1 aromatic carbocycles. The highest BCUT2D eigenvalue weighted by atomic mass is 16.5. The van der Waals surface area contributed by atoms with Gasteiger partial charge in [-0.15, -0.1) is 0 Å². The van der Waals surface area contributed by atoms with E-state index < -0.39 is 0 Å². The maximum Gasteiger partial charge on any atom is 0.252 e. The molecule has 2 atom stereocenters. The number of carbonyl (C=O) groups is 1. The van der Waals surface area contributed by atoms with Gasteiger partial charge in [0.15, 0.2) is 0 Å². The number of ether oxygens (including phenoxy) is 1. The first-order valence-corrected chi connectivity index (χ1v) is 6.76. The zero-order chi connectivity index (χ0) is 13.8. The molecule has 0 radical (unpaired) electrons. The Hall–Kier alpha value is -1.39. The van der Waals surface area contributed by atoms with Gasteiger partial charge < -0.3 is 15.4 Å². The number of carbonyl (C=O) groups excluding carboxylic acids is 1. The van der Waals surface area contributed by atoms with Gasteiger partial charge in [0.05, 0.1) is 0 Å². The van der Waals surface area contributed by atoms with Crippen LogP contribution in [0.2, 0.25) is 0 Å². The summed E-state index contributed by atoms with van der Waals surface area (Å²) < 4.78 is 5.51. The van der Waals surface area contributed by atoms with Crippen molar-refractivity contribution in [3.63, 3.8) is 0 Å². The van der Waals surface area contributed by atoms with Crippen molar-refractivity contribution in [3.8, 4) is 0 Å². The highest BCUT2D eigenvalue weighted by Gasteiger charge is 2.32. The van der Waals surface area contributed by atoms with Gasteiger partial charge in [-0.3, -0.25) is 4.79 Å². The van der Waals surface area contributed by atoms with Gasteiger partial charge in [0.1, 0.15) is 6.10 Å². The third kappa shape index (κ3) is 3.33. The second-order valence-electron chi connectivity index (χ2n) is 5.27. The molecule has 0 spiro atoms. The molecule has 1 saturated heterocycles. The number of amides is 1. The Morgan fingerprint density at radius 1 is 1.37 bits per heavy atom. The molecule has 0 bridgehead atoms. The van der Waals surface area contributed by atoms with Crippen LogP contribution in [0.4, 0.5) is 0 Å². The molecule has 104 valence electrons. The fourth-order valence-corrected chi connectivity index (χ4v) is 2.36. The largest absolute Gasteiger partial charge is 0.368 e. The van der Waals surface area contributed by atoms with E-state index in [1.54, 1.807) is 4.90 Å². The van der Waals surface area contributed by atoms with E-state index in [1.165, 1.54) is 0 Å². The van der Waals surface area contributed by atoms with Gasteiger partial charge in [0.2, 0.25) is 0 Å². The first-order chi connectivity index (χ1) is 9.11. The van der Waals surface area contributed by atoms with Crippen molar-refractivity contribution < 1.29 is 9.53 Å². The minimum absolute atomic E-state index is 0.0768. The molecule has 1 amide bonds. The molecule has 4 nitrogen and oxygen atoms in total. The van der Waals surface area contributed by atoms with Crippen molar-refractivity contribution in [2.45, 2.75) is 32.5 Å². The molecule has 1 aliphatic heterocycles. The van der Waals surface area contributed by atoms with E-state index in [9.17, 15) is 4.79 Å². The number of hydrogen-bond acceptors (Lipinski definition) is 3. The topological polar surface area (TPSA) is 55.6 Å². The number of nitrogens with zero attached hydrogens (tertiary/aromatic N) is 1. The molecule has 2 N–H and O–H groups in total. The van der Waals surface area contributed by atoms with Crippen LogP contribution in [0.3, 0.4) is 0 Å². The van der Waals surface area contributed by atoms with Gasteiger partial charge >= 0.3 is 0 Å². The van der Waals surface area contributed by atoms with Crippen molar-refractivity contribution in [1.29, 1.82) is 0 Å². The Labute approximate surface area is 114 Å². The number of rotatable bonds is 4. The molecule has 0 aromatic heterocycles. The molecule has 1 aliphatic rings. The molecule has 2 unspecified atom stereocenters. The van der Waals surface area contributed by atoms with Crippen molar-refractivity contribution >= 4 is 5.91 Å². The average molecular weight is 262 g/mol. The summed E-state index contributed by atoms with van der Waals surface area (Å²) >= 11 is 0. The Morgan fingerprint density at radius 2 is 2.00 bits per heavy atom. The monoisotopic (exact) mass is 262 g/mol. The van der Waals surface area contributed by atoms with Crippen LogP contribution in [0.25, 0.3) is 0 Å². The lowest BCUT2D eigenvalue weighted by Crippen LogP contribution is -2.38. The van der Waals surface area contributed by atoms with Crippen molar-refractivity contribution in [1.82, 2.24) is 4.90 Å². The molecule has 1 fully saturated rings. The summed E-state index contributed by atoms with van der Waals surface area (Å²) in [5, 5.41) is 0. The van der Waals surface area contributed by atoms with Gasteiger partial charge in [0.25, 0.3) is 5.91 Å². The summed E-state index contributed by atoms with van der Waals surface area (Å²) in [5.74, 6) is 0.391. The minimum Gasteiger partial charge on any atom is -0.368 e. The van der Waals surface area contributed by atoms with Gasteiger partial charge in [-0.05, 0) is 23.5 Å². The molecule has 1 heterocycles. The van der Waals surface area contributed by atoms with Crippen LogP contribution in [-0.4, -0.2) is 30.6 Å². The van der Waals surface area contributed by atoms with Crippen molar-refractivity contribution in [2.75, 3.05) is 13.7 Å². The third-order valence-corrected chi connectivity index (χ3v) is 3.69. The molecule has 1 aromatic rings. The first kappa shape index (κ1) is 14.0. The first-order valence-electron chi connectivity index (χ1n) is 6.76. The fourth-order valence-electron chi connectivity index (χ4n) is 2.36. The molecule has 2 rings (SSSR count). The van der Waals surface area contributed by atoms with Crippen LogP contribution >= 0.6 is 0 Å². The molecule has 4 heteroatoms. The molecule has 19 heavy (non-hydrogen) atoms. The van der Waals surface area contributed by atoms with Gasteiger partial charge in [0, 0.05) is 26.7 Å². The second-order valence-corrected chi connectivity index (χ2v) is 5.27. The van der Waals surface area contributed by atoms with Gasteiger partial charge in [-0.25, -0.2) is 0 Å². The van der Waals surface area contributed by atoms with Gasteiger partial charge in [-0.2, -0.15) is 0 Å². The van der Waals surface area contributed by atoms with E-state index in [-0.39, 0.29) is 12.0 Å². The summed E-state index contributed by atoms with van der Waals surface area (Å²) in [6.45, 7) is 3.91. The summed E-state index contributed by atoms with van der Waals surface area (Å²) in [5.41, 5.74) is 7.78. The maximum atomic E-state index is 12.3. The van der Waals surface area contributed by atoms with Crippen LogP contribution < -0.4 is 5.73 Å². The standard InChI is InChI=1S/C15H22N2O2/c1-11-7-8-19-14(11)15(18)17(2)10-13-5-3-12(9-16)4-6-13/h3-6,11,14H,7-10,16H2,1-2H3. The van der Waals surface area contributed by atoms with E-state index in [1.807, 2.05) is 31.3 Å². The van der Waals surface area contributed by atoms with Crippen LogP contribution in [-0.2, 0) is 22.6 Å². The summed E-state index contributed by atoms with van der Waals surface area (Å²) in [7, 11) is 1.83. The fraction of sp³-hybridized carbons (Fsp3) is 0.533. The molecular weight excluding hydrogens is 240 g/mol.